The number of nitrogens with one attached hydrogen (secondary N) is 1. The zero-order valence-electron chi connectivity index (χ0n) is 43.1. The quantitative estimate of drug-likeness (QED) is 0.0120. The van der Waals surface area contributed by atoms with Crippen molar-refractivity contribution >= 4 is 68.4 Å². The molecular weight excluding hydrogens is 943 g/mol. The number of carbonyl (C=O) groups is 3. The van der Waals surface area contributed by atoms with E-state index in [1.54, 1.807) is 84.9 Å². The SMILES string of the molecule is C=C(C)C.CCCCOc1ccc(OC(=O)c2ccc(N)cc2)cc1.Nc1ccc(N)c2ccccc12.Nc1ccc(NCc2ccc(OC(=O)c3ccc(OCCCCCCOC=O)cc3)cc2)c2ccccc12. The van der Waals surface area contributed by atoms with Crippen molar-refractivity contribution in [2.75, 3.05) is 48.1 Å². The molecule has 0 aliphatic heterocycles. The largest absolute Gasteiger partial charge is 0.494 e. The lowest BCUT2D eigenvalue weighted by Crippen LogP contribution is -2.08. The van der Waals surface area contributed by atoms with Gasteiger partial charge in [0.15, 0.2) is 0 Å². The van der Waals surface area contributed by atoms with Crippen LogP contribution in [-0.2, 0) is 16.1 Å². The van der Waals surface area contributed by atoms with Crippen LogP contribution in [0.4, 0.5) is 28.4 Å². The van der Waals surface area contributed by atoms with E-state index < -0.39 is 11.9 Å². The Morgan fingerprint density at radius 3 is 1.39 bits per heavy atom. The summed E-state index contributed by atoms with van der Waals surface area (Å²) < 4.78 is 26.8. The number of carbonyl (C=O) groups excluding carboxylic acids is 3. The number of esters is 2. The molecule has 75 heavy (non-hydrogen) atoms. The average molecular weight is 1010 g/mol. The van der Waals surface area contributed by atoms with Crippen molar-refractivity contribution in [1.82, 2.24) is 0 Å². The van der Waals surface area contributed by atoms with E-state index in [4.69, 9.17) is 41.9 Å². The van der Waals surface area contributed by atoms with Gasteiger partial charge in [0.25, 0.3) is 6.47 Å². The molecule has 13 nitrogen and oxygen atoms in total. The van der Waals surface area contributed by atoms with E-state index in [9.17, 15) is 14.4 Å². The van der Waals surface area contributed by atoms with E-state index in [1.807, 2.05) is 98.8 Å². The third kappa shape index (κ3) is 19.5. The van der Waals surface area contributed by atoms with Crippen molar-refractivity contribution in [2.45, 2.75) is 65.8 Å². The van der Waals surface area contributed by atoms with Crippen LogP contribution in [0.25, 0.3) is 21.5 Å². The summed E-state index contributed by atoms with van der Waals surface area (Å²) >= 11 is 0. The van der Waals surface area contributed by atoms with Crippen LogP contribution in [0, 0.1) is 0 Å². The van der Waals surface area contributed by atoms with Gasteiger partial charge in [0, 0.05) is 56.5 Å². The first-order chi connectivity index (χ1) is 36.3. The number of nitrogens with two attached hydrogens (primary N) is 4. The number of fused-ring (bicyclic) bond motifs is 2. The summed E-state index contributed by atoms with van der Waals surface area (Å²) in [4.78, 5) is 34.6. The lowest BCUT2D eigenvalue weighted by molar-refractivity contribution is -0.128. The van der Waals surface area contributed by atoms with Gasteiger partial charge in [0.2, 0.25) is 0 Å². The first-order valence-corrected chi connectivity index (χ1v) is 24.9. The molecule has 0 unspecified atom stereocenters. The highest BCUT2D eigenvalue weighted by atomic mass is 16.5. The minimum Gasteiger partial charge on any atom is -0.494 e. The van der Waals surface area contributed by atoms with Crippen LogP contribution >= 0.6 is 0 Å². The maximum Gasteiger partial charge on any atom is 0.343 e. The van der Waals surface area contributed by atoms with Crippen LogP contribution in [0.1, 0.15) is 85.6 Å². The number of hydrogen-bond acceptors (Lipinski definition) is 13. The summed E-state index contributed by atoms with van der Waals surface area (Å²) in [7, 11) is 0. The molecule has 390 valence electrons. The molecule has 9 N–H and O–H groups in total. The number of benzene rings is 8. The zero-order valence-corrected chi connectivity index (χ0v) is 43.1. The van der Waals surface area contributed by atoms with E-state index >= 15 is 0 Å². The van der Waals surface area contributed by atoms with Gasteiger partial charge in [-0.3, -0.25) is 4.79 Å². The molecule has 0 saturated carbocycles. The Kier molecular flexibility index (Phi) is 23.4. The van der Waals surface area contributed by atoms with E-state index in [0.717, 1.165) is 94.1 Å². The molecule has 0 atom stereocenters. The van der Waals surface area contributed by atoms with Crippen molar-refractivity contribution < 1.29 is 38.1 Å². The topological polar surface area (TPSA) is 213 Å². The molecule has 13 heteroatoms. The van der Waals surface area contributed by atoms with Crippen LogP contribution in [0.3, 0.4) is 0 Å². The summed E-state index contributed by atoms with van der Waals surface area (Å²) in [5, 5.41) is 7.61. The fraction of sp³-hybridized carbons (Fsp3) is 0.210. The molecule has 0 heterocycles. The van der Waals surface area contributed by atoms with Gasteiger partial charge in [0.05, 0.1) is 30.9 Å². The highest BCUT2D eigenvalue weighted by Crippen LogP contribution is 2.29. The molecule has 0 amide bonds. The van der Waals surface area contributed by atoms with Crippen LogP contribution in [0.15, 0.2) is 182 Å². The molecule has 0 aliphatic carbocycles. The molecule has 0 bridgehead atoms. The van der Waals surface area contributed by atoms with E-state index in [2.05, 4.69) is 23.6 Å². The second-order valence-corrected chi connectivity index (χ2v) is 17.6. The van der Waals surface area contributed by atoms with Gasteiger partial charge in [-0.25, -0.2) is 9.59 Å². The fourth-order valence-corrected chi connectivity index (χ4v) is 7.15. The summed E-state index contributed by atoms with van der Waals surface area (Å²) in [6.07, 6.45) is 5.87. The van der Waals surface area contributed by atoms with E-state index in [-0.39, 0.29) is 0 Å². The normalized spacial score (nSPS) is 10.2. The molecule has 8 aromatic rings. The molecule has 0 radical (unpaired) electrons. The number of hydrogen-bond donors (Lipinski definition) is 5. The Morgan fingerprint density at radius 2 is 0.893 bits per heavy atom. The van der Waals surface area contributed by atoms with E-state index in [0.29, 0.717) is 66.9 Å². The van der Waals surface area contributed by atoms with Crippen molar-refractivity contribution in [3.05, 3.63) is 199 Å². The fourth-order valence-electron chi connectivity index (χ4n) is 7.15. The molecule has 0 aliphatic rings. The van der Waals surface area contributed by atoms with Crippen molar-refractivity contribution in [2.24, 2.45) is 0 Å². The molecular formula is C62H69N5O8. The summed E-state index contributed by atoms with van der Waals surface area (Å²) in [5.41, 5.74) is 30.3. The summed E-state index contributed by atoms with van der Waals surface area (Å²) in [5.74, 6) is 1.62. The third-order valence-corrected chi connectivity index (χ3v) is 11.1. The van der Waals surface area contributed by atoms with Crippen LogP contribution in [-0.4, -0.2) is 38.2 Å². The predicted octanol–water partition coefficient (Wildman–Crippen LogP) is 13.6. The Bertz CT molecular complexity index is 2990. The molecule has 0 spiro atoms. The van der Waals surface area contributed by atoms with Crippen molar-refractivity contribution in [3.63, 3.8) is 0 Å². The van der Waals surface area contributed by atoms with Gasteiger partial charge in [-0.05, 0) is 161 Å². The zero-order chi connectivity index (χ0) is 53.8. The standard InChI is InChI=1S/C31H32N2O5.C17H19NO3.C10H10N2.C4H8/c32-29-17-18-30(28-8-4-3-7-27(28)29)33-21-23-9-13-26(14-10-23)38-31(35)24-11-15-25(16-12-24)37-20-6-2-1-5-19-36-22-34;1-2-3-12-20-15-8-10-16(11-9-15)21-17(19)13-4-6-14(18)7-5-13;11-9-5-6-10(12)8-4-2-1-3-7(8)9;1-4(2)3/h3-4,7-18,22,33H,1-2,5-6,19-21,32H2;4-11H,2-3,12,18H2,1H3;1-6H,11-12H2;1H2,2-3H3. The van der Waals surface area contributed by atoms with Gasteiger partial charge < -0.3 is 51.9 Å². The first kappa shape index (κ1) is 56.9. The second kappa shape index (κ2) is 30.8. The van der Waals surface area contributed by atoms with Gasteiger partial charge in [0.1, 0.15) is 23.0 Å². The maximum atomic E-state index is 12.6. The smallest absolute Gasteiger partial charge is 0.343 e. The monoisotopic (exact) mass is 1010 g/mol. The Balaban J connectivity index is 0.000000232. The number of ether oxygens (including phenoxy) is 5. The molecule has 0 aromatic heterocycles. The highest BCUT2D eigenvalue weighted by Gasteiger charge is 2.11. The Labute approximate surface area is 440 Å². The van der Waals surface area contributed by atoms with Crippen molar-refractivity contribution in [3.8, 4) is 23.0 Å². The summed E-state index contributed by atoms with van der Waals surface area (Å²) in [6.45, 7) is 12.5. The Hall–Kier alpha value is -8.97. The van der Waals surface area contributed by atoms with Crippen LogP contribution < -0.4 is 47.2 Å². The first-order valence-electron chi connectivity index (χ1n) is 24.9. The number of nitrogen functional groups attached to an aromatic ring is 4. The second-order valence-electron chi connectivity index (χ2n) is 17.6. The van der Waals surface area contributed by atoms with Gasteiger partial charge in [-0.1, -0.05) is 79.6 Å². The lowest BCUT2D eigenvalue weighted by Gasteiger charge is -2.12. The van der Waals surface area contributed by atoms with Gasteiger partial charge >= 0.3 is 11.9 Å². The molecule has 0 fully saturated rings. The maximum absolute atomic E-state index is 12.6. The number of unbranched alkanes of at least 4 members (excludes halogenated alkanes) is 4. The highest BCUT2D eigenvalue weighted by molar-refractivity contribution is 6.01. The molecule has 8 aromatic carbocycles. The molecule has 0 saturated heterocycles. The van der Waals surface area contributed by atoms with Crippen LogP contribution in [0.5, 0.6) is 23.0 Å². The minimum atomic E-state index is -0.423. The average Bonchev–Trinajstić information content (AvgIpc) is 3.42. The van der Waals surface area contributed by atoms with Gasteiger partial charge in [-0.15, -0.1) is 6.58 Å². The minimum absolute atomic E-state index is 0.408. The molecule has 8 rings (SSSR count). The summed E-state index contributed by atoms with van der Waals surface area (Å²) in [6, 6.07) is 51.5. The van der Waals surface area contributed by atoms with E-state index in [1.165, 1.54) is 5.57 Å². The predicted molar refractivity (Wildman–Crippen MR) is 305 cm³/mol. The number of rotatable bonds is 20. The van der Waals surface area contributed by atoms with Crippen molar-refractivity contribution in [1.29, 1.82) is 0 Å². The number of anilines is 5. The van der Waals surface area contributed by atoms with Crippen LogP contribution in [0.2, 0.25) is 0 Å². The third-order valence-electron chi connectivity index (χ3n) is 11.1. The Morgan fingerprint density at radius 1 is 0.493 bits per heavy atom. The number of allylic oxidation sites excluding steroid dienone is 1. The van der Waals surface area contributed by atoms with Gasteiger partial charge in [-0.2, -0.15) is 0 Å². The lowest BCUT2D eigenvalue weighted by atomic mass is 10.1.